The molecule has 0 bridgehead atoms. The normalized spacial score (nSPS) is 22.3. The van der Waals surface area contributed by atoms with Gasteiger partial charge in [0, 0.05) is 5.54 Å². The van der Waals surface area contributed by atoms with Gasteiger partial charge in [0.1, 0.15) is 0 Å². The van der Waals surface area contributed by atoms with Crippen molar-refractivity contribution in [2.75, 3.05) is 6.61 Å². The second-order valence-electron chi connectivity index (χ2n) is 4.47. The number of carboxylic acid groups (broad SMARTS) is 1. The first-order valence-corrected chi connectivity index (χ1v) is 5.71. The van der Waals surface area contributed by atoms with Crippen molar-refractivity contribution in [1.29, 1.82) is 0 Å². The second kappa shape index (κ2) is 5.47. The molecule has 1 fully saturated rings. The van der Waals surface area contributed by atoms with Crippen LogP contribution in [0.5, 0.6) is 0 Å². The van der Waals surface area contributed by atoms with Crippen molar-refractivity contribution in [1.82, 2.24) is 0 Å². The Morgan fingerprint density at radius 3 is 2.53 bits per heavy atom. The van der Waals surface area contributed by atoms with Crippen LogP contribution in [-0.4, -0.2) is 29.3 Å². The molecule has 0 heterocycles. The van der Waals surface area contributed by atoms with E-state index in [0.29, 0.717) is 13.0 Å². The number of ether oxygens (including phenoxy) is 1. The zero-order chi connectivity index (χ0) is 11.3. The van der Waals surface area contributed by atoms with Gasteiger partial charge < -0.3 is 15.6 Å². The van der Waals surface area contributed by atoms with Gasteiger partial charge in [-0.2, -0.15) is 0 Å². The molecule has 1 unspecified atom stereocenters. The van der Waals surface area contributed by atoms with Crippen molar-refractivity contribution in [3.05, 3.63) is 0 Å². The van der Waals surface area contributed by atoms with E-state index in [4.69, 9.17) is 15.6 Å². The summed E-state index contributed by atoms with van der Waals surface area (Å²) >= 11 is 0. The zero-order valence-electron chi connectivity index (χ0n) is 9.37. The van der Waals surface area contributed by atoms with Crippen LogP contribution in [-0.2, 0) is 9.53 Å². The van der Waals surface area contributed by atoms with E-state index in [-0.39, 0.29) is 5.54 Å². The van der Waals surface area contributed by atoms with Gasteiger partial charge in [0.15, 0.2) is 6.10 Å². The molecule has 1 saturated carbocycles. The van der Waals surface area contributed by atoms with Crippen molar-refractivity contribution in [2.24, 2.45) is 5.73 Å². The average Bonchev–Trinajstić information content (AvgIpc) is 2.19. The SMILES string of the molecule is CCC(OCC1(N)CCCCC1)C(=O)O. The van der Waals surface area contributed by atoms with Gasteiger partial charge in [0.05, 0.1) is 6.61 Å². The Morgan fingerprint density at radius 2 is 2.07 bits per heavy atom. The molecule has 1 aliphatic carbocycles. The molecule has 3 N–H and O–H groups in total. The van der Waals surface area contributed by atoms with E-state index < -0.39 is 12.1 Å². The summed E-state index contributed by atoms with van der Waals surface area (Å²) in [5, 5.41) is 8.82. The fraction of sp³-hybridized carbons (Fsp3) is 0.909. The Labute approximate surface area is 90.8 Å². The molecule has 0 aliphatic heterocycles. The van der Waals surface area contributed by atoms with Crippen molar-refractivity contribution < 1.29 is 14.6 Å². The molecule has 4 heteroatoms. The van der Waals surface area contributed by atoms with Gasteiger partial charge >= 0.3 is 5.97 Å². The first-order chi connectivity index (χ1) is 7.07. The fourth-order valence-electron chi connectivity index (χ4n) is 2.03. The molecule has 1 rings (SSSR count). The van der Waals surface area contributed by atoms with Gasteiger partial charge in [-0.15, -0.1) is 0 Å². The van der Waals surface area contributed by atoms with Crippen molar-refractivity contribution in [2.45, 2.75) is 57.1 Å². The quantitative estimate of drug-likeness (QED) is 0.729. The maximum atomic E-state index is 10.7. The topological polar surface area (TPSA) is 72.5 Å². The summed E-state index contributed by atoms with van der Waals surface area (Å²) in [5.74, 6) is -0.892. The minimum absolute atomic E-state index is 0.291. The first kappa shape index (κ1) is 12.5. The summed E-state index contributed by atoms with van der Waals surface area (Å²) in [4.78, 5) is 10.7. The van der Waals surface area contributed by atoms with Crippen LogP contribution in [0.15, 0.2) is 0 Å². The Balaban J connectivity index is 2.36. The third kappa shape index (κ3) is 3.80. The number of aliphatic carboxylic acids is 1. The van der Waals surface area contributed by atoms with Crippen LogP contribution in [0.3, 0.4) is 0 Å². The highest BCUT2D eigenvalue weighted by Crippen LogP contribution is 2.26. The maximum Gasteiger partial charge on any atom is 0.332 e. The number of carbonyl (C=O) groups is 1. The first-order valence-electron chi connectivity index (χ1n) is 5.71. The summed E-state index contributed by atoms with van der Waals surface area (Å²) in [6.45, 7) is 2.18. The monoisotopic (exact) mass is 215 g/mol. The second-order valence-corrected chi connectivity index (χ2v) is 4.47. The van der Waals surface area contributed by atoms with E-state index in [1.54, 1.807) is 0 Å². The van der Waals surface area contributed by atoms with Crippen LogP contribution in [0.25, 0.3) is 0 Å². The van der Waals surface area contributed by atoms with Gasteiger partial charge in [-0.25, -0.2) is 4.79 Å². The highest BCUT2D eigenvalue weighted by atomic mass is 16.5. The molecule has 1 atom stereocenters. The van der Waals surface area contributed by atoms with Gasteiger partial charge in [0.25, 0.3) is 0 Å². The number of hydrogen-bond donors (Lipinski definition) is 2. The van der Waals surface area contributed by atoms with Crippen LogP contribution < -0.4 is 5.73 Å². The molecular weight excluding hydrogens is 194 g/mol. The van der Waals surface area contributed by atoms with E-state index in [9.17, 15) is 4.79 Å². The lowest BCUT2D eigenvalue weighted by atomic mass is 9.83. The van der Waals surface area contributed by atoms with Crippen LogP contribution in [0.4, 0.5) is 0 Å². The maximum absolute atomic E-state index is 10.7. The number of nitrogens with two attached hydrogens (primary N) is 1. The summed E-state index contributed by atoms with van der Waals surface area (Å²) in [5.41, 5.74) is 5.85. The molecule has 0 saturated heterocycles. The number of hydrogen-bond acceptors (Lipinski definition) is 3. The lowest BCUT2D eigenvalue weighted by Gasteiger charge is -2.33. The molecule has 1 aliphatic rings. The highest BCUT2D eigenvalue weighted by molar-refractivity contribution is 5.72. The minimum atomic E-state index is -0.892. The van der Waals surface area contributed by atoms with Crippen molar-refractivity contribution >= 4 is 5.97 Å². The lowest BCUT2D eigenvalue weighted by Crippen LogP contribution is -2.47. The summed E-state index contributed by atoms with van der Waals surface area (Å²) in [6.07, 6.45) is 5.17. The molecule has 0 aromatic heterocycles. The third-order valence-corrected chi connectivity index (χ3v) is 3.07. The molecule has 0 amide bonds. The number of rotatable bonds is 5. The van der Waals surface area contributed by atoms with E-state index in [0.717, 1.165) is 25.7 Å². The van der Waals surface area contributed by atoms with E-state index in [1.807, 2.05) is 6.92 Å². The Morgan fingerprint density at radius 1 is 1.47 bits per heavy atom. The molecule has 4 nitrogen and oxygen atoms in total. The van der Waals surface area contributed by atoms with E-state index in [2.05, 4.69) is 0 Å². The molecular formula is C11H21NO3. The smallest absolute Gasteiger partial charge is 0.332 e. The Bertz CT molecular complexity index is 212. The molecule has 0 aromatic rings. The Hall–Kier alpha value is -0.610. The van der Waals surface area contributed by atoms with Crippen molar-refractivity contribution in [3.8, 4) is 0 Å². The molecule has 0 aromatic carbocycles. The standard InChI is InChI=1S/C11H21NO3/c1-2-9(10(13)14)15-8-11(12)6-4-3-5-7-11/h9H,2-8,12H2,1H3,(H,13,14). The van der Waals surface area contributed by atoms with Crippen LogP contribution in [0, 0.1) is 0 Å². The summed E-state index contributed by atoms with van der Waals surface area (Å²) in [6, 6.07) is 0. The largest absolute Gasteiger partial charge is 0.479 e. The predicted molar refractivity (Wildman–Crippen MR) is 57.7 cm³/mol. The van der Waals surface area contributed by atoms with Gasteiger partial charge in [-0.3, -0.25) is 0 Å². The summed E-state index contributed by atoms with van der Waals surface area (Å²) < 4.78 is 5.37. The molecule has 0 spiro atoms. The lowest BCUT2D eigenvalue weighted by molar-refractivity contribution is -0.152. The van der Waals surface area contributed by atoms with Gasteiger partial charge in [-0.1, -0.05) is 26.2 Å². The third-order valence-electron chi connectivity index (χ3n) is 3.07. The van der Waals surface area contributed by atoms with Crippen LogP contribution in [0.2, 0.25) is 0 Å². The van der Waals surface area contributed by atoms with Gasteiger partial charge in [0.2, 0.25) is 0 Å². The van der Waals surface area contributed by atoms with Crippen LogP contribution in [0.1, 0.15) is 45.4 Å². The number of carboxylic acids is 1. The zero-order valence-corrected chi connectivity index (χ0v) is 9.37. The molecule has 0 radical (unpaired) electrons. The highest BCUT2D eigenvalue weighted by Gasteiger charge is 2.29. The van der Waals surface area contributed by atoms with Gasteiger partial charge in [-0.05, 0) is 19.3 Å². The fourth-order valence-corrected chi connectivity index (χ4v) is 2.03. The van der Waals surface area contributed by atoms with E-state index in [1.165, 1.54) is 6.42 Å². The molecule has 88 valence electrons. The van der Waals surface area contributed by atoms with E-state index >= 15 is 0 Å². The van der Waals surface area contributed by atoms with Crippen LogP contribution >= 0.6 is 0 Å². The van der Waals surface area contributed by atoms with Crippen molar-refractivity contribution in [3.63, 3.8) is 0 Å². The average molecular weight is 215 g/mol. The minimum Gasteiger partial charge on any atom is -0.479 e. The Kier molecular flexibility index (Phi) is 4.54. The summed E-state index contributed by atoms with van der Waals surface area (Å²) in [7, 11) is 0. The molecule has 15 heavy (non-hydrogen) atoms. The predicted octanol–water partition coefficient (Wildman–Crippen LogP) is 1.53.